The second-order valence-corrected chi connectivity index (χ2v) is 4.18. The topological polar surface area (TPSA) is 49.9 Å². The number of hydrogen-bond acceptors (Lipinski definition) is 3. The van der Waals surface area contributed by atoms with Crippen LogP contribution in [0.2, 0.25) is 0 Å². The Bertz CT molecular complexity index is 283. The summed E-state index contributed by atoms with van der Waals surface area (Å²) in [6.45, 7) is 7.89. The van der Waals surface area contributed by atoms with Gasteiger partial charge >= 0.3 is 0 Å². The normalized spacial score (nSPS) is 13.4. The fourth-order valence-corrected chi connectivity index (χ4v) is 1.47. The van der Waals surface area contributed by atoms with Gasteiger partial charge in [0.15, 0.2) is 0 Å². The van der Waals surface area contributed by atoms with E-state index in [0.717, 1.165) is 24.7 Å². The highest BCUT2D eigenvalue weighted by atomic mass is 16.5. The lowest BCUT2D eigenvalue weighted by Crippen LogP contribution is -2.37. The summed E-state index contributed by atoms with van der Waals surface area (Å²) in [6, 6.07) is 0.388. The molecular weight excluding hydrogens is 190 g/mol. The Morgan fingerprint density at radius 2 is 2.27 bits per heavy atom. The zero-order valence-corrected chi connectivity index (χ0v) is 10.0. The van der Waals surface area contributed by atoms with E-state index in [4.69, 9.17) is 4.74 Å². The smallest absolute Gasteiger partial charge is 0.103 e. The number of aromatic amines is 1. The molecule has 4 heteroatoms. The van der Waals surface area contributed by atoms with Gasteiger partial charge in [-0.15, -0.1) is 0 Å². The largest absolute Gasteiger partial charge is 0.383 e. The average Bonchev–Trinajstić information content (AvgIpc) is 2.58. The number of aryl methyl sites for hydroxylation is 1. The van der Waals surface area contributed by atoms with Crippen LogP contribution in [-0.2, 0) is 11.3 Å². The van der Waals surface area contributed by atoms with Crippen molar-refractivity contribution in [2.75, 3.05) is 13.7 Å². The number of nitrogens with one attached hydrogen (secondary N) is 2. The van der Waals surface area contributed by atoms with Gasteiger partial charge in [-0.05, 0) is 12.8 Å². The van der Waals surface area contributed by atoms with E-state index in [1.54, 1.807) is 7.11 Å². The Labute approximate surface area is 91.4 Å². The molecule has 15 heavy (non-hydrogen) atoms. The van der Waals surface area contributed by atoms with E-state index >= 15 is 0 Å². The molecule has 1 rings (SSSR count). The molecule has 0 saturated carbocycles. The van der Waals surface area contributed by atoms with Crippen LogP contribution in [0.1, 0.15) is 25.4 Å². The van der Waals surface area contributed by atoms with Crippen LogP contribution >= 0.6 is 0 Å². The van der Waals surface area contributed by atoms with Gasteiger partial charge in [-0.25, -0.2) is 4.98 Å². The van der Waals surface area contributed by atoms with Crippen molar-refractivity contribution in [3.8, 4) is 0 Å². The van der Waals surface area contributed by atoms with E-state index in [1.165, 1.54) is 0 Å². The van der Waals surface area contributed by atoms with Crippen LogP contribution in [0.25, 0.3) is 0 Å². The predicted octanol–water partition coefficient (Wildman–Crippen LogP) is 1.48. The van der Waals surface area contributed by atoms with Gasteiger partial charge in [0.2, 0.25) is 0 Å². The molecule has 1 unspecified atom stereocenters. The molecule has 0 fully saturated rings. The first kappa shape index (κ1) is 12.2. The predicted molar refractivity (Wildman–Crippen MR) is 60.7 cm³/mol. The van der Waals surface area contributed by atoms with Crippen molar-refractivity contribution in [3.05, 3.63) is 17.7 Å². The van der Waals surface area contributed by atoms with Gasteiger partial charge in [0.25, 0.3) is 0 Å². The molecule has 0 amide bonds. The maximum Gasteiger partial charge on any atom is 0.103 e. The van der Waals surface area contributed by atoms with E-state index in [-0.39, 0.29) is 0 Å². The number of aromatic nitrogens is 2. The highest BCUT2D eigenvalue weighted by molar-refractivity contribution is 4.99. The van der Waals surface area contributed by atoms with Crippen LogP contribution in [0.15, 0.2) is 6.20 Å². The fraction of sp³-hybridized carbons (Fsp3) is 0.727. The van der Waals surface area contributed by atoms with E-state index in [0.29, 0.717) is 12.0 Å². The van der Waals surface area contributed by atoms with Crippen LogP contribution in [0.5, 0.6) is 0 Å². The van der Waals surface area contributed by atoms with E-state index in [9.17, 15) is 0 Å². The second-order valence-electron chi connectivity index (χ2n) is 4.18. The lowest BCUT2D eigenvalue weighted by atomic mass is 10.1. The second kappa shape index (κ2) is 5.88. The SMILES string of the molecule is COCC(NCc1cnc(C)[nH]1)C(C)C. The molecule has 1 aromatic rings. The summed E-state index contributed by atoms with van der Waals surface area (Å²) in [5.41, 5.74) is 1.12. The molecule has 86 valence electrons. The average molecular weight is 211 g/mol. The molecule has 0 radical (unpaired) electrons. The zero-order chi connectivity index (χ0) is 11.3. The van der Waals surface area contributed by atoms with Crippen molar-refractivity contribution in [3.63, 3.8) is 0 Å². The molecule has 1 heterocycles. The summed E-state index contributed by atoms with van der Waals surface area (Å²) in [5.74, 6) is 1.52. The van der Waals surface area contributed by atoms with Gasteiger partial charge in [-0.1, -0.05) is 13.8 Å². The number of ether oxygens (including phenoxy) is 1. The lowest BCUT2D eigenvalue weighted by Gasteiger charge is -2.21. The van der Waals surface area contributed by atoms with Gasteiger partial charge in [0.05, 0.1) is 6.61 Å². The Kier molecular flexibility index (Phi) is 4.78. The number of H-pyrrole nitrogens is 1. The third-order valence-electron chi connectivity index (χ3n) is 2.46. The first-order chi connectivity index (χ1) is 7.13. The minimum atomic E-state index is 0.388. The first-order valence-electron chi connectivity index (χ1n) is 5.36. The highest BCUT2D eigenvalue weighted by Gasteiger charge is 2.12. The number of hydrogen-bond donors (Lipinski definition) is 2. The number of nitrogens with zero attached hydrogens (tertiary/aromatic N) is 1. The van der Waals surface area contributed by atoms with Gasteiger partial charge in [0.1, 0.15) is 5.82 Å². The van der Waals surface area contributed by atoms with Crippen molar-refractivity contribution in [1.29, 1.82) is 0 Å². The van der Waals surface area contributed by atoms with Gasteiger partial charge in [-0.3, -0.25) is 0 Å². The summed E-state index contributed by atoms with van der Waals surface area (Å²) >= 11 is 0. The summed E-state index contributed by atoms with van der Waals surface area (Å²) in [6.07, 6.45) is 1.87. The Morgan fingerprint density at radius 3 is 2.73 bits per heavy atom. The van der Waals surface area contributed by atoms with Crippen molar-refractivity contribution >= 4 is 0 Å². The number of rotatable bonds is 6. The van der Waals surface area contributed by atoms with E-state index in [1.807, 2.05) is 13.1 Å². The molecule has 0 spiro atoms. The number of methoxy groups -OCH3 is 1. The zero-order valence-electron chi connectivity index (χ0n) is 10.0. The minimum absolute atomic E-state index is 0.388. The van der Waals surface area contributed by atoms with Crippen molar-refractivity contribution < 1.29 is 4.74 Å². The Morgan fingerprint density at radius 1 is 1.53 bits per heavy atom. The highest BCUT2D eigenvalue weighted by Crippen LogP contribution is 2.03. The standard InChI is InChI=1S/C11H21N3O/c1-8(2)11(7-15-4)13-6-10-5-12-9(3)14-10/h5,8,11,13H,6-7H2,1-4H3,(H,12,14). The summed E-state index contributed by atoms with van der Waals surface area (Å²) in [7, 11) is 1.73. The molecule has 0 aliphatic carbocycles. The maximum absolute atomic E-state index is 5.17. The molecular formula is C11H21N3O. The summed E-state index contributed by atoms with van der Waals surface area (Å²) in [4.78, 5) is 7.36. The third-order valence-corrected chi connectivity index (χ3v) is 2.46. The van der Waals surface area contributed by atoms with Crippen molar-refractivity contribution in [1.82, 2.24) is 15.3 Å². The van der Waals surface area contributed by atoms with Crippen LogP contribution in [-0.4, -0.2) is 29.7 Å². The fourth-order valence-electron chi connectivity index (χ4n) is 1.47. The van der Waals surface area contributed by atoms with Gasteiger partial charge < -0.3 is 15.0 Å². The minimum Gasteiger partial charge on any atom is -0.383 e. The molecule has 4 nitrogen and oxygen atoms in total. The number of imidazole rings is 1. The molecule has 2 N–H and O–H groups in total. The van der Waals surface area contributed by atoms with Crippen LogP contribution < -0.4 is 5.32 Å². The van der Waals surface area contributed by atoms with Crippen molar-refractivity contribution in [2.24, 2.45) is 5.92 Å². The summed E-state index contributed by atoms with van der Waals surface area (Å²) in [5, 5.41) is 3.45. The van der Waals surface area contributed by atoms with Gasteiger partial charge in [-0.2, -0.15) is 0 Å². The molecule has 0 aromatic carbocycles. The molecule has 1 atom stereocenters. The summed E-state index contributed by atoms with van der Waals surface area (Å²) < 4.78 is 5.17. The van der Waals surface area contributed by atoms with E-state index in [2.05, 4.69) is 29.1 Å². The molecule has 0 aliphatic rings. The Balaban J connectivity index is 2.39. The first-order valence-corrected chi connectivity index (χ1v) is 5.36. The van der Waals surface area contributed by atoms with Crippen molar-refractivity contribution in [2.45, 2.75) is 33.4 Å². The maximum atomic E-state index is 5.17. The van der Waals surface area contributed by atoms with Crippen LogP contribution in [0.4, 0.5) is 0 Å². The van der Waals surface area contributed by atoms with Crippen LogP contribution in [0.3, 0.4) is 0 Å². The lowest BCUT2D eigenvalue weighted by molar-refractivity contribution is 0.146. The molecule has 0 aliphatic heterocycles. The molecule has 0 bridgehead atoms. The Hall–Kier alpha value is -0.870. The third kappa shape index (κ3) is 4.01. The quantitative estimate of drug-likeness (QED) is 0.749. The molecule has 0 saturated heterocycles. The van der Waals surface area contributed by atoms with E-state index < -0.39 is 0 Å². The molecule has 1 aromatic heterocycles. The monoisotopic (exact) mass is 211 g/mol. The van der Waals surface area contributed by atoms with Gasteiger partial charge in [0, 0.05) is 31.6 Å². The van der Waals surface area contributed by atoms with Crippen LogP contribution in [0, 0.1) is 12.8 Å².